The summed E-state index contributed by atoms with van der Waals surface area (Å²) in [5.41, 5.74) is -0.289. The number of carbonyl (C=O) groups excluding carboxylic acids is 5. The highest BCUT2D eigenvalue weighted by molar-refractivity contribution is 7.99. The number of carbonyl (C=O) groups is 5. The number of imide groups is 2. The normalized spacial score (nSPS) is 17.9. The SMILES string of the molecule is CN(CCCCCCCCNc1cccc2c1C(=O)N(C1CCC(=O)NC1=O)C2=O)CCC(CSc1ccccc1)Nc1ccc(S(=O)(=O)NC(=O)c2ccc(N3CCN(CC4=C(c5ccc(Cl)cc5)CCC(C)(C)C4)CC3)cc2)cc1S(=O)(=O)C(F)(F)F. The number of amides is 5. The molecule has 2 unspecified atom stereocenters. The van der Waals surface area contributed by atoms with Crippen LogP contribution in [0.3, 0.4) is 0 Å². The van der Waals surface area contributed by atoms with Gasteiger partial charge in [-0.1, -0.05) is 93.1 Å². The molecule has 2 atom stereocenters. The van der Waals surface area contributed by atoms with Gasteiger partial charge >= 0.3 is 5.51 Å². The molecule has 5 aromatic rings. The third-order valence-corrected chi connectivity index (χ3v) is 21.2. The fourth-order valence-corrected chi connectivity index (χ4v) is 15.1. The number of benzene rings is 5. The highest BCUT2D eigenvalue weighted by Gasteiger charge is 2.49. The number of anilines is 3. The van der Waals surface area contributed by atoms with E-state index in [1.165, 1.54) is 40.6 Å². The molecule has 0 radical (unpaired) electrons. The van der Waals surface area contributed by atoms with Crippen LogP contribution in [0.2, 0.25) is 5.02 Å². The van der Waals surface area contributed by atoms with Crippen LogP contribution >= 0.6 is 23.4 Å². The highest BCUT2D eigenvalue weighted by atomic mass is 35.5. The van der Waals surface area contributed by atoms with E-state index in [-0.39, 0.29) is 34.9 Å². The summed E-state index contributed by atoms with van der Waals surface area (Å²) in [5, 5.41) is 9.21. The van der Waals surface area contributed by atoms with Gasteiger partial charge in [0.05, 0.1) is 21.7 Å². The average Bonchev–Trinajstić information content (AvgIpc) is 1.98. The number of rotatable bonds is 27. The molecule has 3 aliphatic heterocycles. The van der Waals surface area contributed by atoms with Gasteiger partial charge in [-0.3, -0.25) is 39.1 Å². The van der Waals surface area contributed by atoms with Crippen molar-refractivity contribution in [3.05, 3.63) is 148 Å². The largest absolute Gasteiger partial charge is 0.501 e. The molecular weight excluding hydrogens is 1230 g/mol. The van der Waals surface area contributed by atoms with E-state index in [0.29, 0.717) is 61.7 Å². The van der Waals surface area contributed by atoms with E-state index in [1.807, 2.05) is 54.2 Å². The Bertz CT molecular complexity index is 3660. The molecule has 17 nitrogen and oxygen atoms in total. The number of sulfonamides is 1. The van der Waals surface area contributed by atoms with Crippen LogP contribution in [-0.4, -0.2) is 144 Å². The van der Waals surface area contributed by atoms with Gasteiger partial charge in [-0.25, -0.2) is 21.6 Å². The Balaban J connectivity index is 0.762. The Morgan fingerprint density at radius 2 is 1.49 bits per heavy atom. The minimum Gasteiger partial charge on any atom is -0.384 e. The van der Waals surface area contributed by atoms with Gasteiger partial charge in [0, 0.05) is 84.3 Å². The van der Waals surface area contributed by atoms with Crippen LogP contribution in [0, 0.1) is 5.41 Å². The minimum absolute atomic E-state index is 0.0260. The lowest BCUT2D eigenvalue weighted by atomic mass is 9.73. The van der Waals surface area contributed by atoms with Gasteiger partial charge < -0.3 is 20.4 Å². The first-order valence-corrected chi connectivity index (χ1v) is 34.5. The molecule has 5 aromatic carbocycles. The maximum Gasteiger partial charge on any atom is 0.501 e. The number of sulfone groups is 1. The van der Waals surface area contributed by atoms with Crippen LogP contribution < -0.4 is 25.6 Å². The van der Waals surface area contributed by atoms with Crippen molar-refractivity contribution in [3.63, 3.8) is 0 Å². The van der Waals surface area contributed by atoms with Crippen molar-refractivity contribution in [1.82, 2.24) is 24.7 Å². The second-order valence-electron chi connectivity index (χ2n) is 24.1. The van der Waals surface area contributed by atoms with Gasteiger partial charge in [-0.05, 0) is 160 Å². The Kier molecular flexibility index (Phi) is 21.7. The van der Waals surface area contributed by atoms with Crippen molar-refractivity contribution in [2.45, 2.75) is 123 Å². The number of thioether (sulfide) groups is 1. The van der Waals surface area contributed by atoms with Crippen LogP contribution in [-0.2, 0) is 29.4 Å². The molecule has 0 bridgehead atoms. The van der Waals surface area contributed by atoms with Crippen LogP contribution in [0.25, 0.3) is 5.57 Å². The van der Waals surface area contributed by atoms with Crippen molar-refractivity contribution >= 4 is 95.4 Å². The van der Waals surface area contributed by atoms with Gasteiger partial charge in [-0.2, -0.15) is 13.2 Å². The maximum absolute atomic E-state index is 14.5. The van der Waals surface area contributed by atoms with Gasteiger partial charge in [-0.15, -0.1) is 11.8 Å². The van der Waals surface area contributed by atoms with Crippen molar-refractivity contribution in [1.29, 1.82) is 0 Å². The number of piperidine rings is 1. The molecule has 2 saturated heterocycles. The van der Waals surface area contributed by atoms with Crippen molar-refractivity contribution in [2.24, 2.45) is 5.41 Å². The fourth-order valence-electron chi connectivity index (χ4n) is 11.9. The number of hydrogen-bond donors (Lipinski definition) is 4. The quantitative estimate of drug-likeness (QED) is 0.0219. The van der Waals surface area contributed by atoms with E-state index in [0.717, 1.165) is 105 Å². The molecule has 2 fully saturated rings. The first-order valence-electron chi connectivity index (χ1n) is 30.2. The molecule has 0 spiro atoms. The van der Waals surface area contributed by atoms with Gasteiger partial charge in [0.15, 0.2) is 0 Å². The number of fused-ring (bicyclic) bond motifs is 1. The summed E-state index contributed by atoms with van der Waals surface area (Å²) in [4.78, 5) is 70.8. The lowest BCUT2D eigenvalue weighted by molar-refractivity contribution is -0.136. The van der Waals surface area contributed by atoms with Crippen molar-refractivity contribution in [3.8, 4) is 0 Å². The highest BCUT2D eigenvalue weighted by Crippen LogP contribution is 2.43. The third kappa shape index (κ3) is 16.8. The molecule has 0 aromatic heterocycles. The Morgan fingerprint density at radius 1 is 0.798 bits per heavy atom. The molecule has 0 saturated carbocycles. The average molecular weight is 1300 g/mol. The lowest BCUT2D eigenvalue weighted by Crippen LogP contribution is -2.54. The number of piperazine rings is 1. The Morgan fingerprint density at radius 3 is 2.19 bits per heavy atom. The summed E-state index contributed by atoms with van der Waals surface area (Å²) in [6, 6.07) is 29.4. The number of nitrogens with zero attached hydrogens (tertiary/aromatic N) is 4. The molecule has 5 amide bonds. The second kappa shape index (κ2) is 29.0. The van der Waals surface area contributed by atoms with Crippen LogP contribution in [0.1, 0.15) is 128 Å². The van der Waals surface area contributed by atoms with Gasteiger partial charge in [0.1, 0.15) is 10.9 Å². The molecule has 4 aliphatic rings. The molecule has 476 valence electrons. The zero-order valence-electron chi connectivity index (χ0n) is 50.2. The molecule has 89 heavy (non-hydrogen) atoms. The van der Waals surface area contributed by atoms with Crippen LogP contribution in [0.4, 0.5) is 30.2 Å². The summed E-state index contributed by atoms with van der Waals surface area (Å²) < 4.78 is 99.6. The number of halogens is 4. The minimum atomic E-state index is -6.13. The number of hydrogen-bond acceptors (Lipinski definition) is 15. The van der Waals surface area contributed by atoms with Gasteiger partial charge in [0.25, 0.3) is 37.6 Å². The van der Waals surface area contributed by atoms with E-state index in [4.69, 9.17) is 11.6 Å². The third-order valence-electron chi connectivity index (χ3n) is 16.9. The Hall–Kier alpha value is -6.76. The number of allylic oxidation sites excluding steroid dienone is 1. The standard InChI is InChI=1S/C65H76ClF3N8O9S3/c1-64(2)32-30-52(44-18-22-47(66)23-19-44)46(41-64)42-75-36-38-76(39-37-75)49-24-20-45(21-25-49)60(79)73-89(85,86)51-26-27-54(57(40-51)88(83,84)65(67,68)69)71-48(43-87-50-14-9-8-10-15-50)31-35-74(3)34-12-7-5-4-6-11-33-70-55-17-13-16-53-59(55)63(82)77(62(53)81)56-28-29-58(78)72-61(56)80/h8-10,13-27,40,48,56,70-71H,4-7,11-12,28-39,41-43H2,1-3H3,(H,73,79)(H,72,78,80). The zero-order valence-corrected chi connectivity index (χ0v) is 53.4. The summed E-state index contributed by atoms with van der Waals surface area (Å²) >= 11 is 7.64. The summed E-state index contributed by atoms with van der Waals surface area (Å²) in [6.07, 6.45) is 8.95. The molecule has 4 N–H and O–H groups in total. The molecule has 24 heteroatoms. The predicted octanol–water partition coefficient (Wildman–Crippen LogP) is 11.3. The molecular formula is C65H76ClF3N8O9S3. The first-order chi connectivity index (χ1) is 42.4. The van der Waals surface area contributed by atoms with Crippen molar-refractivity contribution < 1.29 is 54.0 Å². The second-order valence-corrected chi connectivity index (χ2v) is 29.2. The van der Waals surface area contributed by atoms with E-state index >= 15 is 0 Å². The number of nitrogens with one attached hydrogen (secondary N) is 4. The number of unbranched alkanes of at least 4 members (excludes halogenated alkanes) is 5. The zero-order chi connectivity index (χ0) is 63.7. The lowest BCUT2D eigenvalue weighted by Gasteiger charge is -2.39. The predicted molar refractivity (Wildman–Crippen MR) is 341 cm³/mol. The van der Waals surface area contributed by atoms with Gasteiger partial charge in [0.2, 0.25) is 11.8 Å². The van der Waals surface area contributed by atoms with Crippen LogP contribution in [0.15, 0.2) is 136 Å². The summed E-state index contributed by atoms with van der Waals surface area (Å²) in [6.45, 7) is 10.2. The van der Waals surface area contributed by atoms with E-state index < -0.39 is 82.5 Å². The molecule has 9 rings (SSSR count). The summed E-state index contributed by atoms with van der Waals surface area (Å²) in [5.74, 6) is -2.98. The fraction of sp³-hybridized carbons (Fsp3) is 0.431. The monoisotopic (exact) mass is 1300 g/mol. The van der Waals surface area contributed by atoms with E-state index in [9.17, 15) is 54.0 Å². The maximum atomic E-state index is 14.5. The molecule has 3 heterocycles. The first kappa shape index (κ1) is 66.7. The smallest absolute Gasteiger partial charge is 0.384 e. The summed E-state index contributed by atoms with van der Waals surface area (Å²) in [7, 11) is -9.11. The van der Waals surface area contributed by atoms with E-state index in [2.05, 4.69) is 56.6 Å². The number of alkyl halides is 3. The van der Waals surface area contributed by atoms with Crippen molar-refractivity contribution in [2.75, 3.05) is 80.7 Å². The van der Waals surface area contributed by atoms with E-state index in [1.54, 1.807) is 30.3 Å². The Labute approximate surface area is 528 Å². The van der Waals surface area contributed by atoms with Crippen LogP contribution in [0.5, 0.6) is 0 Å². The molecule has 1 aliphatic carbocycles. The topological polar surface area (TPSA) is 215 Å².